The third kappa shape index (κ3) is 2.55. The van der Waals surface area contributed by atoms with Crippen molar-refractivity contribution in [3.63, 3.8) is 0 Å². The Labute approximate surface area is 106 Å². The van der Waals surface area contributed by atoms with E-state index in [2.05, 4.69) is 4.90 Å². The number of Topliss-reactive ketones (excluding diaryl/α,β-unsaturated/α-hetero) is 1. The fraction of sp³-hybridized carbons (Fsp3) is 0.462. The first-order valence-electron chi connectivity index (χ1n) is 5.70. The van der Waals surface area contributed by atoms with Crippen LogP contribution in [0.25, 0.3) is 0 Å². The van der Waals surface area contributed by atoms with Gasteiger partial charge in [0.15, 0.2) is 0 Å². The number of benzene rings is 1. The van der Waals surface area contributed by atoms with Gasteiger partial charge in [0, 0.05) is 24.7 Å². The summed E-state index contributed by atoms with van der Waals surface area (Å²) in [5.74, 6) is 1.11. The Kier molecular flexibility index (Phi) is 3.57. The van der Waals surface area contributed by atoms with Crippen LogP contribution in [-0.4, -0.2) is 26.0 Å². The molecular formula is C13H16ClNO2. The molecule has 1 heterocycles. The van der Waals surface area contributed by atoms with Gasteiger partial charge in [-0.25, -0.2) is 0 Å². The van der Waals surface area contributed by atoms with Gasteiger partial charge >= 0.3 is 0 Å². The largest absolute Gasteiger partial charge is 0.495 e. The molecule has 0 radical (unpaired) electrons. The van der Waals surface area contributed by atoms with Crippen LogP contribution in [-0.2, 0) is 4.79 Å². The summed E-state index contributed by atoms with van der Waals surface area (Å²) >= 11 is 6.09. The summed E-state index contributed by atoms with van der Waals surface area (Å²) in [6.07, 6.45) is 0.930. The normalized spacial score (nSPS) is 19.5. The van der Waals surface area contributed by atoms with E-state index in [-0.39, 0.29) is 11.7 Å². The molecule has 0 aliphatic carbocycles. The standard InChI is InChI=1S/C13H16ClNO2/c1-9(16)10-5-6-15(8-10)11-3-4-13(17-2)12(14)7-11/h3-4,7,10H,5-6,8H2,1-2H3. The Morgan fingerprint density at radius 3 is 2.82 bits per heavy atom. The molecule has 1 aromatic rings. The molecule has 17 heavy (non-hydrogen) atoms. The number of carbonyl (C=O) groups is 1. The number of hydrogen-bond donors (Lipinski definition) is 0. The molecule has 2 rings (SSSR count). The molecule has 1 atom stereocenters. The van der Waals surface area contributed by atoms with Gasteiger partial charge in [-0.1, -0.05) is 11.6 Å². The van der Waals surface area contributed by atoms with Crippen molar-refractivity contribution in [3.8, 4) is 5.75 Å². The zero-order valence-electron chi connectivity index (χ0n) is 10.1. The highest BCUT2D eigenvalue weighted by atomic mass is 35.5. The third-order valence-electron chi connectivity index (χ3n) is 3.26. The van der Waals surface area contributed by atoms with Gasteiger partial charge < -0.3 is 9.64 Å². The first-order chi connectivity index (χ1) is 8.11. The molecule has 92 valence electrons. The number of nitrogens with zero attached hydrogens (tertiary/aromatic N) is 1. The molecule has 0 N–H and O–H groups in total. The maximum Gasteiger partial charge on any atom is 0.137 e. The minimum Gasteiger partial charge on any atom is -0.495 e. The van der Waals surface area contributed by atoms with Crippen molar-refractivity contribution in [3.05, 3.63) is 23.2 Å². The van der Waals surface area contributed by atoms with Gasteiger partial charge in [-0.05, 0) is 31.5 Å². The number of methoxy groups -OCH3 is 1. The third-order valence-corrected chi connectivity index (χ3v) is 3.56. The Hall–Kier alpha value is -1.22. The number of rotatable bonds is 3. The van der Waals surface area contributed by atoms with Gasteiger partial charge in [-0.2, -0.15) is 0 Å². The molecule has 1 fully saturated rings. The van der Waals surface area contributed by atoms with E-state index in [0.29, 0.717) is 10.8 Å². The molecule has 0 bridgehead atoms. The molecule has 1 unspecified atom stereocenters. The lowest BCUT2D eigenvalue weighted by molar-refractivity contribution is -0.120. The van der Waals surface area contributed by atoms with Gasteiger partial charge in [0.25, 0.3) is 0 Å². The highest BCUT2D eigenvalue weighted by molar-refractivity contribution is 6.32. The average molecular weight is 254 g/mol. The van der Waals surface area contributed by atoms with Gasteiger partial charge in [-0.3, -0.25) is 4.79 Å². The number of ketones is 1. The predicted octanol–water partition coefficient (Wildman–Crippen LogP) is 2.76. The van der Waals surface area contributed by atoms with Crippen molar-refractivity contribution in [2.75, 3.05) is 25.1 Å². The number of hydrogen-bond acceptors (Lipinski definition) is 3. The maximum absolute atomic E-state index is 11.3. The van der Waals surface area contributed by atoms with E-state index in [1.807, 2.05) is 18.2 Å². The maximum atomic E-state index is 11.3. The van der Waals surface area contributed by atoms with E-state index in [1.54, 1.807) is 14.0 Å². The second kappa shape index (κ2) is 4.96. The second-order valence-corrected chi connectivity index (χ2v) is 4.77. The van der Waals surface area contributed by atoms with E-state index in [1.165, 1.54) is 0 Å². The summed E-state index contributed by atoms with van der Waals surface area (Å²) in [5.41, 5.74) is 1.06. The van der Waals surface area contributed by atoms with Crippen molar-refractivity contribution in [2.45, 2.75) is 13.3 Å². The highest BCUT2D eigenvalue weighted by Gasteiger charge is 2.26. The molecule has 1 aromatic carbocycles. The topological polar surface area (TPSA) is 29.5 Å². The quantitative estimate of drug-likeness (QED) is 0.830. The first-order valence-corrected chi connectivity index (χ1v) is 6.08. The van der Waals surface area contributed by atoms with Gasteiger partial charge in [0.2, 0.25) is 0 Å². The molecule has 3 nitrogen and oxygen atoms in total. The van der Waals surface area contributed by atoms with E-state index in [0.717, 1.165) is 25.2 Å². The van der Waals surface area contributed by atoms with Crippen LogP contribution in [0.1, 0.15) is 13.3 Å². The van der Waals surface area contributed by atoms with Crippen molar-refractivity contribution in [1.29, 1.82) is 0 Å². The Bertz CT molecular complexity index is 433. The number of anilines is 1. The fourth-order valence-corrected chi connectivity index (χ4v) is 2.43. The second-order valence-electron chi connectivity index (χ2n) is 4.36. The molecule has 0 amide bonds. The summed E-state index contributed by atoms with van der Waals surface area (Å²) in [7, 11) is 1.60. The molecule has 0 saturated carbocycles. The smallest absolute Gasteiger partial charge is 0.137 e. The molecule has 0 spiro atoms. The van der Waals surface area contributed by atoms with Crippen LogP contribution in [0.3, 0.4) is 0 Å². The van der Waals surface area contributed by atoms with Crippen molar-refractivity contribution < 1.29 is 9.53 Å². The zero-order chi connectivity index (χ0) is 12.4. The Balaban J connectivity index is 2.14. The van der Waals surface area contributed by atoms with Gasteiger partial charge in [-0.15, -0.1) is 0 Å². The Morgan fingerprint density at radius 2 is 2.29 bits per heavy atom. The molecule has 1 aliphatic heterocycles. The highest BCUT2D eigenvalue weighted by Crippen LogP contribution is 2.31. The van der Waals surface area contributed by atoms with E-state index in [9.17, 15) is 4.79 Å². The van der Waals surface area contributed by atoms with Crippen LogP contribution in [0.5, 0.6) is 5.75 Å². The van der Waals surface area contributed by atoms with Crippen LogP contribution in [0.2, 0.25) is 5.02 Å². The average Bonchev–Trinajstić information content (AvgIpc) is 2.78. The summed E-state index contributed by atoms with van der Waals surface area (Å²) in [6, 6.07) is 5.73. The monoisotopic (exact) mass is 253 g/mol. The molecule has 4 heteroatoms. The van der Waals surface area contributed by atoms with E-state index < -0.39 is 0 Å². The van der Waals surface area contributed by atoms with Crippen LogP contribution < -0.4 is 9.64 Å². The van der Waals surface area contributed by atoms with E-state index in [4.69, 9.17) is 16.3 Å². The van der Waals surface area contributed by atoms with Crippen molar-refractivity contribution in [2.24, 2.45) is 5.92 Å². The predicted molar refractivity (Wildman–Crippen MR) is 69.0 cm³/mol. The molecule has 0 aromatic heterocycles. The minimum atomic E-state index is 0.163. The molecule has 1 aliphatic rings. The first kappa shape index (κ1) is 12.2. The molecule has 1 saturated heterocycles. The van der Waals surface area contributed by atoms with Crippen LogP contribution >= 0.6 is 11.6 Å². The minimum absolute atomic E-state index is 0.163. The van der Waals surface area contributed by atoms with Crippen molar-refractivity contribution >= 4 is 23.1 Å². The lowest BCUT2D eigenvalue weighted by Crippen LogP contribution is -2.21. The van der Waals surface area contributed by atoms with Gasteiger partial charge in [0.1, 0.15) is 11.5 Å². The summed E-state index contributed by atoms with van der Waals surface area (Å²) in [4.78, 5) is 13.5. The van der Waals surface area contributed by atoms with Gasteiger partial charge in [0.05, 0.1) is 12.1 Å². The fourth-order valence-electron chi connectivity index (χ4n) is 2.18. The summed E-state index contributed by atoms with van der Waals surface area (Å²) in [6.45, 7) is 3.36. The van der Waals surface area contributed by atoms with Crippen molar-refractivity contribution in [1.82, 2.24) is 0 Å². The van der Waals surface area contributed by atoms with Crippen LogP contribution in [0, 0.1) is 5.92 Å². The lowest BCUT2D eigenvalue weighted by Gasteiger charge is -2.19. The molecular weight excluding hydrogens is 238 g/mol. The summed E-state index contributed by atoms with van der Waals surface area (Å²) < 4.78 is 5.12. The Morgan fingerprint density at radius 1 is 1.53 bits per heavy atom. The zero-order valence-corrected chi connectivity index (χ0v) is 10.8. The number of carbonyl (C=O) groups excluding carboxylic acids is 1. The number of ether oxygens (including phenoxy) is 1. The van der Waals surface area contributed by atoms with E-state index >= 15 is 0 Å². The van der Waals surface area contributed by atoms with Crippen LogP contribution in [0.4, 0.5) is 5.69 Å². The SMILES string of the molecule is COc1ccc(N2CCC(C(C)=O)C2)cc1Cl. The number of halogens is 1. The summed E-state index contributed by atoms with van der Waals surface area (Å²) in [5, 5.41) is 0.608. The lowest BCUT2D eigenvalue weighted by atomic mass is 10.1. The van der Waals surface area contributed by atoms with Crippen LogP contribution in [0.15, 0.2) is 18.2 Å².